The number of aromatic carboxylic acids is 1. The van der Waals surface area contributed by atoms with Crippen LogP contribution in [0.2, 0.25) is 5.02 Å². The number of nitrogens with zero attached hydrogens (tertiary/aromatic N) is 2. The van der Waals surface area contributed by atoms with E-state index in [1.165, 1.54) is 18.3 Å². The Labute approximate surface area is 129 Å². The molecule has 0 fully saturated rings. The number of nitrogens with one attached hydrogen (secondary N) is 1. The molecule has 0 aliphatic carbocycles. The maximum atomic E-state index is 12.2. The number of hydrogen-bond donors (Lipinski definition) is 2. The minimum absolute atomic E-state index is 0.0640. The van der Waals surface area contributed by atoms with E-state index in [-0.39, 0.29) is 21.5 Å². The molecule has 0 spiro atoms. The molecule has 8 heteroatoms. The van der Waals surface area contributed by atoms with Gasteiger partial charge in [-0.2, -0.15) is 0 Å². The molecule has 0 saturated carbocycles. The highest BCUT2D eigenvalue weighted by molar-refractivity contribution is 7.18. The normalized spacial score (nSPS) is 10.7. The molecule has 0 bridgehead atoms. The van der Waals surface area contributed by atoms with E-state index in [0.29, 0.717) is 10.8 Å². The molecule has 0 aliphatic heterocycles. The van der Waals surface area contributed by atoms with Crippen molar-refractivity contribution in [2.75, 3.05) is 5.32 Å². The van der Waals surface area contributed by atoms with E-state index in [2.05, 4.69) is 15.3 Å². The number of carboxylic acids is 1. The predicted molar refractivity (Wildman–Crippen MR) is 80.4 cm³/mol. The minimum atomic E-state index is -1.04. The van der Waals surface area contributed by atoms with Gasteiger partial charge in [-0.1, -0.05) is 25.4 Å². The van der Waals surface area contributed by atoms with Gasteiger partial charge >= 0.3 is 5.97 Å². The van der Waals surface area contributed by atoms with Crippen molar-refractivity contribution in [2.45, 2.75) is 19.8 Å². The van der Waals surface area contributed by atoms with Crippen LogP contribution in [0.5, 0.6) is 0 Å². The molecule has 0 unspecified atom stereocenters. The van der Waals surface area contributed by atoms with Crippen molar-refractivity contribution in [3.05, 3.63) is 39.7 Å². The first kappa shape index (κ1) is 15.4. The van der Waals surface area contributed by atoms with Gasteiger partial charge in [0.25, 0.3) is 5.91 Å². The lowest BCUT2D eigenvalue weighted by atomic mass is 10.2. The predicted octanol–water partition coefficient (Wildman–Crippen LogP) is 3.27. The molecular weight excluding hydrogens is 314 g/mol. The van der Waals surface area contributed by atoms with Gasteiger partial charge in [-0.25, -0.2) is 14.8 Å². The summed E-state index contributed by atoms with van der Waals surface area (Å²) in [4.78, 5) is 31.3. The van der Waals surface area contributed by atoms with Crippen molar-refractivity contribution < 1.29 is 14.7 Å². The van der Waals surface area contributed by atoms with Crippen LogP contribution in [-0.4, -0.2) is 27.0 Å². The van der Waals surface area contributed by atoms with Gasteiger partial charge in [-0.15, -0.1) is 11.3 Å². The summed E-state index contributed by atoms with van der Waals surface area (Å²) >= 11 is 6.90. The zero-order valence-electron chi connectivity index (χ0n) is 11.3. The van der Waals surface area contributed by atoms with Gasteiger partial charge in [0, 0.05) is 5.92 Å². The molecule has 0 atom stereocenters. The summed E-state index contributed by atoms with van der Waals surface area (Å²) in [7, 11) is 0. The molecule has 0 saturated heterocycles. The Bertz CT molecular complexity index is 700. The largest absolute Gasteiger partial charge is 0.477 e. The summed E-state index contributed by atoms with van der Waals surface area (Å²) in [6, 6.07) is 2.94. The van der Waals surface area contributed by atoms with E-state index in [9.17, 15) is 9.59 Å². The third-order valence-corrected chi connectivity index (χ3v) is 3.81. The highest BCUT2D eigenvalue weighted by Gasteiger charge is 2.17. The van der Waals surface area contributed by atoms with Crippen LogP contribution in [0.4, 0.5) is 5.00 Å². The summed E-state index contributed by atoms with van der Waals surface area (Å²) in [6.45, 7) is 3.81. The third kappa shape index (κ3) is 3.56. The second kappa shape index (κ2) is 6.19. The number of aromatic nitrogens is 2. The number of rotatable bonds is 4. The number of carboxylic acid groups (broad SMARTS) is 1. The Morgan fingerprint density at radius 3 is 2.67 bits per heavy atom. The van der Waals surface area contributed by atoms with Crippen LogP contribution in [-0.2, 0) is 0 Å². The molecule has 2 aromatic rings. The van der Waals surface area contributed by atoms with Crippen molar-refractivity contribution in [2.24, 2.45) is 0 Å². The van der Waals surface area contributed by atoms with Crippen LogP contribution in [0.1, 0.15) is 45.7 Å². The van der Waals surface area contributed by atoms with Crippen LogP contribution in [0.15, 0.2) is 18.3 Å². The number of thiophene rings is 1. The molecule has 2 aromatic heterocycles. The highest BCUT2D eigenvalue weighted by Crippen LogP contribution is 2.23. The van der Waals surface area contributed by atoms with Crippen LogP contribution >= 0.6 is 22.9 Å². The van der Waals surface area contributed by atoms with Crippen LogP contribution < -0.4 is 5.32 Å². The van der Waals surface area contributed by atoms with E-state index in [0.717, 1.165) is 11.3 Å². The summed E-state index contributed by atoms with van der Waals surface area (Å²) in [5.41, 5.74) is 0.0700. The van der Waals surface area contributed by atoms with Crippen molar-refractivity contribution in [3.63, 3.8) is 0 Å². The molecule has 2 rings (SSSR count). The molecule has 110 valence electrons. The first-order chi connectivity index (χ1) is 9.88. The topological polar surface area (TPSA) is 92.2 Å². The molecule has 0 aromatic carbocycles. The van der Waals surface area contributed by atoms with Crippen molar-refractivity contribution >= 4 is 39.8 Å². The van der Waals surface area contributed by atoms with E-state index in [1.807, 2.05) is 13.8 Å². The summed E-state index contributed by atoms with van der Waals surface area (Å²) in [6.07, 6.45) is 1.38. The van der Waals surface area contributed by atoms with Gasteiger partial charge < -0.3 is 10.4 Å². The van der Waals surface area contributed by atoms with Gasteiger partial charge in [0.2, 0.25) is 0 Å². The first-order valence-electron chi connectivity index (χ1n) is 6.05. The molecule has 6 nitrogen and oxygen atoms in total. The molecule has 2 heterocycles. The van der Waals surface area contributed by atoms with Gasteiger partial charge in [0.1, 0.15) is 10.7 Å². The van der Waals surface area contributed by atoms with Crippen LogP contribution in [0.3, 0.4) is 0 Å². The standard InChI is InChI=1S/C13H12ClN3O3S/c1-6(2)11-15-5-7(14)10(17-11)12(18)16-9-4-3-8(21-9)13(19)20/h3-6H,1-2H3,(H,16,18)(H,19,20). The average molecular weight is 326 g/mol. The average Bonchev–Trinajstić information content (AvgIpc) is 2.87. The second-order valence-corrected chi connectivity index (χ2v) is 5.99. The number of hydrogen-bond acceptors (Lipinski definition) is 5. The monoisotopic (exact) mass is 325 g/mol. The third-order valence-electron chi connectivity index (χ3n) is 2.55. The lowest BCUT2D eigenvalue weighted by molar-refractivity contribution is 0.0702. The highest BCUT2D eigenvalue weighted by atomic mass is 35.5. The summed E-state index contributed by atoms with van der Waals surface area (Å²) in [5, 5.41) is 12.0. The van der Waals surface area contributed by atoms with E-state index < -0.39 is 11.9 Å². The Balaban J connectivity index is 2.23. The Morgan fingerprint density at radius 1 is 1.38 bits per heavy atom. The Kier molecular flexibility index (Phi) is 4.54. The van der Waals surface area contributed by atoms with Gasteiger partial charge in [-0.05, 0) is 12.1 Å². The second-order valence-electron chi connectivity index (χ2n) is 4.50. The Hall–Kier alpha value is -1.99. The summed E-state index contributed by atoms with van der Waals surface area (Å²) < 4.78 is 0. The smallest absolute Gasteiger partial charge is 0.345 e. The van der Waals surface area contributed by atoms with Gasteiger partial charge in [-0.3, -0.25) is 4.79 Å². The zero-order chi connectivity index (χ0) is 15.6. The van der Waals surface area contributed by atoms with Crippen molar-refractivity contribution in [1.29, 1.82) is 0 Å². The lowest BCUT2D eigenvalue weighted by Gasteiger charge is -2.07. The molecule has 2 N–H and O–H groups in total. The SMILES string of the molecule is CC(C)c1ncc(Cl)c(C(=O)Nc2ccc(C(=O)O)s2)n1. The first-order valence-corrected chi connectivity index (χ1v) is 7.25. The minimum Gasteiger partial charge on any atom is -0.477 e. The molecule has 0 radical (unpaired) electrons. The van der Waals surface area contributed by atoms with Crippen LogP contribution in [0.25, 0.3) is 0 Å². The van der Waals surface area contributed by atoms with E-state index >= 15 is 0 Å². The molecule has 21 heavy (non-hydrogen) atoms. The fourth-order valence-electron chi connectivity index (χ4n) is 1.51. The number of carbonyl (C=O) groups is 2. The van der Waals surface area contributed by atoms with Gasteiger partial charge in [0.15, 0.2) is 5.69 Å². The fourth-order valence-corrected chi connectivity index (χ4v) is 2.43. The maximum absolute atomic E-state index is 12.2. The van der Waals surface area contributed by atoms with Gasteiger partial charge in [0.05, 0.1) is 16.2 Å². The summed E-state index contributed by atoms with van der Waals surface area (Å²) in [5.74, 6) is -0.957. The van der Waals surface area contributed by atoms with Crippen LogP contribution in [0, 0.1) is 0 Å². The molecule has 1 amide bonds. The van der Waals surface area contributed by atoms with Crippen molar-refractivity contribution in [3.8, 4) is 0 Å². The van der Waals surface area contributed by atoms with E-state index in [4.69, 9.17) is 16.7 Å². The molecular formula is C13H12ClN3O3S. The van der Waals surface area contributed by atoms with Crippen molar-refractivity contribution in [1.82, 2.24) is 9.97 Å². The Morgan fingerprint density at radius 2 is 2.10 bits per heavy atom. The zero-order valence-corrected chi connectivity index (χ0v) is 12.8. The number of anilines is 1. The maximum Gasteiger partial charge on any atom is 0.345 e. The quantitative estimate of drug-likeness (QED) is 0.900. The fraction of sp³-hybridized carbons (Fsp3) is 0.231. The number of amides is 1. The number of carbonyl (C=O) groups excluding carboxylic acids is 1. The lowest BCUT2D eigenvalue weighted by Crippen LogP contribution is -2.15. The molecule has 0 aliphatic rings. The number of halogens is 1. The van der Waals surface area contributed by atoms with E-state index in [1.54, 1.807) is 0 Å².